The number of pyridine rings is 1. The minimum atomic E-state index is 0.0465. The molecule has 1 N–H and O–H groups in total. The Labute approximate surface area is 142 Å². The standard InChI is InChI=1S/C18H22ClN3O/c1-3-10-22(11-4-2)18(23)14-8-9-20-17(12-14)21-16-7-5-6-15(19)13-16/h5-9,12-13H,3-4,10-11H2,1-2H3,(H,20,21). The predicted molar refractivity (Wildman–Crippen MR) is 95.5 cm³/mol. The highest BCUT2D eigenvalue weighted by molar-refractivity contribution is 6.30. The first-order valence-corrected chi connectivity index (χ1v) is 8.29. The molecular formula is C18H22ClN3O. The third kappa shape index (κ3) is 4.96. The van der Waals surface area contributed by atoms with E-state index in [1.54, 1.807) is 18.3 Å². The van der Waals surface area contributed by atoms with E-state index in [1.807, 2.05) is 29.2 Å². The van der Waals surface area contributed by atoms with E-state index in [0.29, 0.717) is 16.4 Å². The molecule has 0 spiro atoms. The fourth-order valence-corrected chi connectivity index (χ4v) is 2.57. The first kappa shape index (κ1) is 17.3. The van der Waals surface area contributed by atoms with Crippen LogP contribution in [0.3, 0.4) is 0 Å². The minimum absolute atomic E-state index is 0.0465. The van der Waals surface area contributed by atoms with Gasteiger partial charge in [0.2, 0.25) is 0 Å². The lowest BCUT2D eigenvalue weighted by Gasteiger charge is -2.21. The monoisotopic (exact) mass is 331 g/mol. The van der Waals surface area contributed by atoms with Gasteiger partial charge in [-0.2, -0.15) is 0 Å². The van der Waals surface area contributed by atoms with Crippen molar-refractivity contribution in [3.05, 3.63) is 53.2 Å². The Balaban J connectivity index is 2.16. The molecule has 5 heteroatoms. The Morgan fingerprint density at radius 2 is 1.91 bits per heavy atom. The van der Waals surface area contributed by atoms with Crippen molar-refractivity contribution in [3.63, 3.8) is 0 Å². The summed E-state index contributed by atoms with van der Waals surface area (Å²) < 4.78 is 0. The number of nitrogens with zero attached hydrogens (tertiary/aromatic N) is 2. The summed E-state index contributed by atoms with van der Waals surface area (Å²) in [6.45, 7) is 5.70. The van der Waals surface area contributed by atoms with Crippen LogP contribution in [0.25, 0.3) is 0 Å². The van der Waals surface area contributed by atoms with E-state index < -0.39 is 0 Å². The van der Waals surface area contributed by atoms with Crippen LogP contribution in [0.15, 0.2) is 42.6 Å². The topological polar surface area (TPSA) is 45.2 Å². The molecule has 1 amide bonds. The molecule has 0 fully saturated rings. The summed E-state index contributed by atoms with van der Waals surface area (Å²) in [6.07, 6.45) is 3.55. The van der Waals surface area contributed by atoms with E-state index >= 15 is 0 Å². The first-order valence-electron chi connectivity index (χ1n) is 7.92. The number of hydrogen-bond donors (Lipinski definition) is 1. The molecular weight excluding hydrogens is 310 g/mol. The van der Waals surface area contributed by atoms with Crippen molar-refractivity contribution in [2.75, 3.05) is 18.4 Å². The fraction of sp³-hybridized carbons (Fsp3) is 0.333. The molecule has 0 atom stereocenters. The molecule has 23 heavy (non-hydrogen) atoms. The number of hydrogen-bond acceptors (Lipinski definition) is 3. The molecule has 0 aliphatic carbocycles. The maximum Gasteiger partial charge on any atom is 0.254 e. The smallest absolute Gasteiger partial charge is 0.254 e. The van der Waals surface area contributed by atoms with Crippen LogP contribution in [0.2, 0.25) is 5.02 Å². The SMILES string of the molecule is CCCN(CCC)C(=O)c1ccnc(Nc2cccc(Cl)c2)c1. The molecule has 0 saturated carbocycles. The largest absolute Gasteiger partial charge is 0.340 e. The Morgan fingerprint density at radius 1 is 1.17 bits per heavy atom. The molecule has 4 nitrogen and oxygen atoms in total. The lowest BCUT2D eigenvalue weighted by atomic mass is 10.2. The van der Waals surface area contributed by atoms with Crippen molar-refractivity contribution in [2.45, 2.75) is 26.7 Å². The Bertz CT molecular complexity index is 654. The quantitative estimate of drug-likeness (QED) is 0.797. The maximum absolute atomic E-state index is 12.6. The molecule has 1 aromatic carbocycles. The Kier molecular flexibility index (Phi) is 6.41. The van der Waals surface area contributed by atoms with Crippen LogP contribution in [0.5, 0.6) is 0 Å². The van der Waals surface area contributed by atoms with Gasteiger partial charge in [0, 0.05) is 35.6 Å². The lowest BCUT2D eigenvalue weighted by molar-refractivity contribution is 0.0755. The van der Waals surface area contributed by atoms with Crippen LogP contribution in [-0.4, -0.2) is 28.9 Å². The second kappa shape index (κ2) is 8.53. The van der Waals surface area contributed by atoms with Crippen LogP contribution in [0.4, 0.5) is 11.5 Å². The summed E-state index contributed by atoms with van der Waals surface area (Å²) in [7, 11) is 0. The fourth-order valence-electron chi connectivity index (χ4n) is 2.38. The summed E-state index contributed by atoms with van der Waals surface area (Å²) in [5.41, 5.74) is 1.49. The predicted octanol–water partition coefficient (Wildman–Crippen LogP) is 4.74. The van der Waals surface area contributed by atoms with Crippen LogP contribution in [-0.2, 0) is 0 Å². The molecule has 0 saturated heterocycles. The molecule has 2 aromatic rings. The third-order valence-electron chi connectivity index (χ3n) is 3.38. The number of halogens is 1. The van der Waals surface area contributed by atoms with E-state index in [4.69, 9.17) is 11.6 Å². The molecule has 1 aromatic heterocycles. The van der Waals surface area contributed by atoms with Gasteiger partial charge in [-0.05, 0) is 43.2 Å². The Morgan fingerprint density at radius 3 is 2.57 bits per heavy atom. The van der Waals surface area contributed by atoms with Gasteiger partial charge in [-0.3, -0.25) is 4.79 Å². The summed E-state index contributed by atoms with van der Waals surface area (Å²) >= 11 is 5.98. The number of carbonyl (C=O) groups excluding carboxylic acids is 1. The van der Waals surface area contributed by atoms with Crippen LogP contribution in [0, 0.1) is 0 Å². The van der Waals surface area contributed by atoms with E-state index in [9.17, 15) is 4.79 Å². The van der Waals surface area contributed by atoms with Gasteiger partial charge in [0.1, 0.15) is 5.82 Å². The van der Waals surface area contributed by atoms with E-state index in [1.165, 1.54) is 0 Å². The van der Waals surface area contributed by atoms with Gasteiger partial charge >= 0.3 is 0 Å². The zero-order valence-corrected chi connectivity index (χ0v) is 14.3. The zero-order valence-electron chi connectivity index (χ0n) is 13.6. The summed E-state index contributed by atoms with van der Waals surface area (Å²) in [5, 5.41) is 3.83. The number of rotatable bonds is 7. The van der Waals surface area contributed by atoms with Gasteiger partial charge < -0.3 is 10.2 Å². The number of amides is 1. The molecule has 2 rings (SSSR count). The van der Waals surface area contributed by atoms with E-state index in [-0.39, 0.29) is 5.91 Å². The second-order valence-electron chi connectivity index (χ2n) is 5.36. The van der Waals surface area contributed by atoms with E-state index in [2.05, 4.69) is 24.1 Å². The number of benzene rings is 1. The van der Waals surface area contributed by atoms with Gasteiger partial charge in [-0.25, -0.2) is 4.98 Å². The van der Waals surface area contributed by atoms with Crippen molar-refractivity contribution in [2.24, 2.45) is 0 Å². The average Bonchev–Trinajstić information content (AvgIpc) is 2.54. The van der Waals surface area contributed by atoms with Crippen molar-refractivity contribution in [1.29, 1.82) is 0 Å². The van der Waals surface area contributed by atoms with Crippen molar-refractivity contribution >= 4 is 29.0 Å². The summed E-state index contributed by atoms with van der Waals surface area (Å²) in [6, 6.07) is 10.9. The Hall–Kier alpha value is -2.07. The summed E-state index contributed by atoms with van der Waals surface area (Å²) in [5.74, 6) is 0.677. The molecule has 0 radical (unpaired) electrons. The zero-order chi connectivity index (χ0) is 16.7. The minimum Gasteiger partial charge on any atom is -0.340 e. The van der Waals surface area contributed by atoms with E-state index in [0.717, 1.165) is 31.6 Å². The highest BCUT2D eigenvalue weighted by atomic mass is 35.5. The number of nitrogens with one attached hydrogen (secondary N) is 1. The second-order valence-corrected chi connectivity index (χ2v) is 5.79. The normalized spacial score (nSPS) is 10.4. The van der Waals surface area contributed by atoms with Gasteiger partial charge in [0.05, 0.1) is 0 Å². The molecule has 0 aliphatic rings. The first-order chi connectivity index (χ1) is 11.1. The van der Waals surface area contributed by atoms with Crippen LogP contribution in [0.1, 0.15) is 37.0 Å². The molecule has 1 heterocycles. The van der Waals surface area contributed by atoms with Crippen LogP contribution >= 0.6 is 11.6 Å². The van der Waals surface area contributed by atoms with Gasteiger partial charge in [0.15, 0.2) is 0 Å². The van der Waals surface area contributed by atoms with Gasteiger partial charge in [-0.1, -0.05) is 31.5 Å². The molecule has 122 valence electrons. The highest BCUT2D eigenvalue weighted by Crippen LogP contribution is 2.20. The highest BCUT2D eigenvalue weighted by Gasteiger charge is 2.14. The van der Waals surface area contributed by atoms with Crippen LogP contribution < -0.4 is 5.32 Å². The number of anilines is 2. The van der Waals surface area contributed by atoms with Gasteiger partial charge in [0.25, 0.3) is 5.91 Å². The van der Waals surface area contributed by atoms with Crippen molar-refractivity contribution in [1.82, 2.24) is 9.88 Å². The summed E-state index contributed by atoms with van der Waals surface area (Å²) in [4.78, 5) is 18.8. The van der Waals surface area contributed by atoms with Crippen molar-refractivity contribution < 1.29 is 4.79 Å². The van der Waals surface area contributed by atoms with Crippen molar-refractivity contribution in [3.8, 4) is 0 Å². The third-order valence-corrected chi connectivity index (χ3v) is 3.61. The van der Waals surface area contributed by atoms with Gasteiger partial charge in [-0.15, -0.1) is 0 Å². The maximum atomic E-state index is 12.6. The molecule has 0 bridgehead atoms. The number of carbonyl (C=O) groups is 1. The lowest BCUT2D eigenvalue weighted by Crippen LogP contribution is -2.32. The average molecular weight is 332 g/mol. The number of aromatic nitrogens is 1. The molecule has 0 unspecified atom stereocenters. The molecule has 0 aliphatic heterocycles.